The van der Waals surface area contributed by atoms with E-state index in [4.69, 9.17) is 0 Å². The molecule has 0 atom stereocenters. The van der Waals surface area contributed by atoms with Crippen molar-refractivity contribution in [1.82, 2.24) is 9.78 Å². The molecule has 0 bridgehead atoms. The number of hydrogen-bond acceptors (Lipinski definition) is 3. The molecule has 0 spiro atoms. The van der Waals surface area contributed by atoms with Crippen molar-refractivity contribution >= 4 is 22.4 Å². The first kappa shape index (κ1) is 19.2. The first-order chi connectivity index (χ1) is 15.1. The van der Waals surface area contributed by atoms with Crippen LogP contribution < -0.4 is 10.5 Å². The van der Waals surface area contributed by atoms with Gasteiger partial charge in [0.15, 0.2) is 0 Å². The Kier molecular flexibility index (Phi) is 4.86. The molecule has 1 aliphatic rings. The summed E-state index contributed by atoms with van der Waals surface area (Å²) in [6.07, 6.45) is 1.89. The van der Waals surface area contributed by atoms with E-state index in [1.807, 2.05) is 54.6 Å². The summed E-state index contributed by atoms with van der Waals surface area (Å²) in [5.41, 5.74) is 4.66. The lowest BCUT2D eigenvalue weighted by Gasteiger charge is -2.30. The maximum absolute atomic E-state index is 13.2. The van der Waals surface area contributed by atoms with E-state index in [1.54, 1.807) is 11.0 Å². The first-order valence-electron chi connectivity index (χ1n) is 10.6. The van der Waals surface area contributed by atoms with Crippen molar-refractivity contribution in [3.05, 3.63) is 94.3 Å². The number of aryl methyl sites for hydroxylation is 2. The minimum Gasteiger partial charge on any atom is -0.311 e. The maximum Gasteiger partial charge on any atom is 0.267 e. The van der Waals surface area contributed by atoms with Crippen LogP contribution in [-0.4, -0.2) is 22.2 Å². The molecule has 0 N–H and O–H groups in total. The van der Waals surface area contributed by atoms with Crippen LogP contribution in [0, 0.1) is 6.92 Å². The van der Waals surface area contributed by atoms with E-state index in [0.29, 0.717) is 12.2 Å². The van der Waals surface area contributed by atoms with E-state index in [2.05, 4.69) is 18.1 Å². The predicted molar refractivity (Wildman–Crippen MR) is 123 cm³/mol. The number of aromatic nitrogens is 2. The number of fused-ring (bicyclic) bond motifs is 2. The first-order valence-corrected chi connectivity index (χ1v) is 10.6. The van der Waals surface area contributed by atoms with Gasteiger partial charge >= 0.3 is 0 Å². The van der Waals surface area contributed by atoms with Crippen molar-refractivity contribution in [2.24, 2.45) is 0 Å². The lowest BCUT2D eigenvalue weighted by Crippen LogP contribution is -2.40. The lowest BCUT2D eigenvalue weighted by molar-refractivity contribution is -0.119. The fraction of sp³-hybridized carbons (Fsp3) is 0.192. The monoisotopic (exact) mass is 409 g/mol. The van der Waals surface area contributed by atoms with Crippen molar-refractivity contribution < 1.29 is 4.79 Å². The molecule has 1 aliphatic heterocycles. The number of amides is 1. The fourth-order valence-corrected chi connectivity index (χ4v) is 4.35. The molecule has 5 nitrogen and oxygen atoms in total. The Morgan fingerprint density at radius 1 is 1.00 bits per heavy atom. The van der Waals surface area contributed by atoms with Crippen LogP contribution in [0.3, 0.4) is 0 Å². The molecular formula is C26H23N3O2. The zero-order chi connectivity index (χ0) is 21.4. The molecule has 154 valence electrons. The average molecular weight is 409 g/mol. The van der Waals surface area contributed by atoms with E-state index in [-0.39, 0.29) is 18.0 Å². The van der Waals surface area contributed by atoms with E-state index < -0.39 is 0 Å². The van der Waals surface area contributed by atoms with Crippen molar-refractivity contribution in [2.45, 2.75) is 26.3 Å². The molecule has 1 amide bonds. The largest absolute Gasteiger partial charge is 0.311 e. The third kappa shape index (κ3) is 3.63. The van der Waals surface area contributed by atoms with Crippen LogP contribution in [0.1, 0.15) is 17.5 Å². The van der Waals surface area contributed by atoms with Gasteiger partial charge in [-0.3, -0.25) is 9.59 Å². The number of benzene rings is 3. The summed E-state index contributed by atoms with van der Waals surface area (Å²) in [7, 11) is 0. The normalized spacial score (nSPS) is 13.3. The maximum atomic E-state index is 13.2. The Bertz CT molecular complexity index is 1350. The molecule has 0 radical (unpaired) electrons. The summed E-state index contributed by atoms with van der Waals surface area (Å²) < 4.78 is 1.28. The molecule has 2 heterocycles. The van der Waals surface area contributed by atoms with Gasteiger partial charge in [-0.2, -0.15) is 5.10 Å². The summed E-state index contributed by atoms with van der Waals surface area (Å²) in [5, 5.41) is 6.73. The molecule has 4 aromatic rings. The second kappa shape index (κ2) is 7.84. The highest BCUT2D eigenvalue weighted by atomic mass is 16.2. The van der Waals surface area contributed by atoms with Gasteiger partial charge in [0.05, 0.1) is 5.69 Å². The summed E-state index contributed by atoms with van der Waals surface area (Å²) in [6, 6.07) is 23.5. The van der Waals surface area contributed by atoms with Crippen molar-refractivity contribution in [3.8, 4) is 11.3 Å². The highest BCUT2D eigenvalue weighted by Gasteiger charge is 2.23. The number of nitrogens with zero attached hydrogens (tertiary/aromatic N) is 3. The lowest BCUT2D eigenvalue weighted by atomic mass is 9.99. The quantitative estimate of drug-likeness (QED) is 0.505. The average Bonchev–Trinajstić information content (AvgIpc) is 2.79. The summed E-state index contributed by atoms with van der Waals surface area (Å²) in [5.74, 6) is -0.116. The van der Waals surface area contributed by atoms with Crippen LogP contribution in [0.15, 0.2) is 77.6 Å². The molecule has 0 saturated carbocycles. The number of carbonyl (C=O) groups is 1. The number of rotatable bonds is 3. The van der Waals surface area contributed by atoms with Gasteiger partial charge in [0.25, 0.3) is 5.56 Å². The van der Waals surface area contributed by atoms with Crippen LogP contribution in [0.4, 0.5) is 5.69 Å². The molecule has 0 aliphatic carbocycles. The standard InChI is InChI=1S/C26H23N3O2/c1-18-11-13-24-20(16-18)8-5-15-28(24)26(31)17-29-25(30)14-12-23(27-29)22-10-4-7-19-6-2-3-9-21(19)22/h2-4,6-7,9-14,16H,5,8,15,17H2,1H3. The molecule has 5 rings (SSSR count). The van der Waals surface area contributed by atoms with Gasteiger partial charge in [0, 0.05) is 23.9 Å². The molecular weight excluding hydrogens is 386 g/mol. The van der Waals surface area contributed by atoms with E-state index in [1.165, 1.54) is 21.9 Å². The molecule has 0 saturated heterocycles. The van der Waals surface area contributed by atoms with Crippen LogP contribution >= 0.6 is 0 Å². The zero-order valence-corrected chi connectivity index (χ0v) is 17.4. The number of anilines is 1. The minimum absolute atomic E-state index is 0.0786. The highest BCUT2D eigenvalue weighted by Crippen LogP contribution is 2.29. The number of hydrogen-bond donors (Lipinski definition) is 0. The third-order valence-electron chi connectivity index (χ3n) is 5.87. The van der Waals surface area contributed by atoms with Crippen molar-refractivity contribution in [3.63, 3.8) is 0 Å². The third-order valence-corrected chi connectivity index (χ3v) is 5.87. The molecule has 31 heavy (non-hydrogen) atoms. The van der Waals surface area contributed by atoms with Crippen molar-refractivity contribution in [1.29, 1.82) is 0 Å². The molecule has 1 aromatic heterocycles. The van der Waals surface area contributed by atoms with Crippen molar-refractivity contribution in [2.75, 3.05) is 11.4 Å². The predicted octanol–water partition coefficient (Wildman–Crippen LogP) is 4.35. The number of carbonyl (C=O) groups excluding carboxylic acids is 1. The van der Waals surface area contributed by atoms with Gasteiger partial charge in [-0.05, 0) is 48.2 Å². The van der Waals surface area contributed by atoms with E-state index in [9.17, 15) is 9.59 Å². The second-order valence-corrected chi connectivity index (χ2v) is 8.02. The molecule has 5 heteroatoms. The summed E-state index contributed by atoms with van der Waals surface area (Å²) in [4.78, 5) is 27.4. The Balaban J connectivity index is 1.48. The fourth-order valence-electron chi connectivity index (χ4n) is 4.35. The van der Waals surface area contributed by atoms with Gasteiger partial charge in [0.2, 0.25) is 5.91 Å². The Labute approximate surface area is 180 Å². The second-order valence-electron chi connectivity index (χ2n) is 8.02. The van der Waals surface area contributed by atoms with Crippen LogP contribution in [0.25, 0.3) is 22.0 Å². The van der Waals surface area contributed by atoms with Gasteiger partial charge in [-0.15, -0.1) is 0 Å². The van der Waals surface area contributed by atoms with Gasteiger partial charge < -0.3 is 4.90 Å². The topological polar surface area (TPSA) is 55.2 Å². The smallest absolute Gasteiger partial charge is 0.267 e. The van der Waals surface area contributed by atoms with Crippen LogP contribution in [0.2, 0.25) is 0 Å². The Morgan fingerprint density at radius 3 is 2.74 bits per heavy atom. The van der Waals surface area contributed by atoms with Gasteiger partial charge in [0.1, 0.15) is 6.54 Å². The Morgan fingerprint density at radius 2 is 1.84 bits per heavy atom. The van der Waals surface area contributed by atoms with E-state index in [0.717, 1.165) is 34.9 Å². The van der Waals surface area contributed by atoms with Crippen LogP contribution in [-0.2, 0) is 17.8 Å². The minimum atomic E-state index is -0.279. The molecule has 3 aromatic carbocycles. The van der Waals surface area contributed by atoms with Gasteiger partial charge in [-0.25, -0.2) is 4.68 Å². The summed E-state index contributed by atoms with van der Waals surface area (Å²) in [6.45, 7) is 2.64. The summed E-state index contributed by atoms with van der Waals surface area (Å²) >= 11 is 0. The molecule has 0 unspecified atom stereocenters. The zero-order valence-electron chi connectivity index (χ0n) is 17.4. The SMILES string of the molecule is Cc1ccc2c(c1)CCCN2C(=O)Cn1nc(-c2cccc3ccccc23)ccc1=O. The van der Waals surface area contributed by atoms with Gasteiger partial charge in [-0.1, -0.05) is 60.2 Å². The Hall–Kier alpha value is -3.73. The molecule has 0 fully saturated rings. The van der Waals surface area contributed by atoms with Crippen LogP contribution in [0.5, 0.6) is 0 Å². The van der Waals surface area contributed by atoms with E-state index >= 15 is 0 Å². The highest BCUT2D eigenvalue weighted by molar-refractivity contribution is 5.96.